The molecule has 2 aromatic carbocycles. The van der Waals surface area contributed by atoms with Crippen molar-refractivity contribution in [2.24, 2.45) is 23.2 Å². The number of carbonyl (C=O) groups is 3. The van der Waals surface area contributed by atoms with Gasteiger partial charge in [-0.05, 0) is 59.4 Å². The smallest absolute Gasteiger partial charge is 0.342 e. The number of ketones is 1. The number of hydrogen-bond donors (Lipinski definition) is 1. The van der Waals surface area contributed by atoms with E-state index in [1.807, 2.05) is 95.3 Å². The number of aliphatic hydroxyl groups is 1. The molecule has 0 spiro atoms. The predicted octanol–water partition coefficient (Wildman–Crippen LogP) is 6.71. The topological polar surface area (TPSA) is 108 Å². The lowest BCUT2D eigenvalue weighted by Crippen LogP contribution is -2.36. The first-order valence-corrected chi connectivity index (χ1v) is 16.2. The Morgan fingerprint density at radius 3 is 2.50 bits per heavy atom. The van der Waals surface area contributed by atoms with Crippen molar-refractivity contribution in [2.75, 3.05) is 13.7 Å². The van der Waals surface area contributed by atoms with Crippen molar-refractivity contribution in [2.45, 2.75) is 85.2 Å². The molecule has 46 heavy (non-hydrogen) atoms. The van der Waals surface area contributed by atoms with Gasteiger partial charge in [-0.2, -0.15) is 0 Å². The van der Waals surface area contributed by atoms with E-state index in [2.05, 4.69) is 0 Å². The fourth-order valence-corrected chi connectivity index (χ4v) is 6.41. The molecular formula is C38H48O8. The number of cyclic esters (lactones) is 1. The molecule has 0 aromatic heterocycles. The van der Waals surface area contributed by atoms with Gasteiger partial charge in [0.25, 0.3) is 0 Å². The lowest BCUT2D eigenvalue weighted by Gasteiger charge is -2.36. The number of benzene rings is 2. The van der Waals surface area contributed by atoms with E-state index in [9.17, 15) is 19.5 Å². The van der Waals surface area contributed by atoms with Crippen LogP contribution in [0.15, 0.2) is 77.9 Å². The summed E-state index contributed by atoms with van der Waals surface area (Å²) in [4.78, 5) is 38.0. The molecule has 0 saturated carbocycles. The first-order chi connectivity index (χ1) is 21.9. The normalized spacial score (nSPS) is 22.3. The zero-order valence-electron chi connectivity index (χ0n) is 27.9. The van der Waals surface area contributed by atoms with Crippen molar-refractivity contribution in [1.29, 1.82) is 0 Å². The Labute approximate surface area is 272 Å². The lowest BCUT2D eigenvalue weighted by molar-refractivity contribution is -0.146. The number of methoxy groups -OCH3 is 1. The van der Waals surface area contributed by atoms with E-state index in [-0.39, 0.29) is 48.2 Å². The molecule has 1 fully saturated rings. The second-order valence-electron chi connectivity index (χ2n) is 13.4. The molecule has 1 aliphatic carbocycles. The molecule has 1 N–H and O–H groups in total. The molecule has 1 saturated heterocycles. The maximum absolute atomic E-state index is 13.2. The van der Waals surface area contributed by atoms with Gasteiger partial charge in [-0.25, -0.2) is 4.79 Å². The van der Waals surface area contributed by atoms with Crippen LogP contribution in [0, 0.1) is 23.2 Å². The molecule has 8 nitrogen and oxygen atoms in total. The summed E-state index contributed by atoms with van der Waals surface area (Å²) in [5, 5.41) is 11.3. The van der Waals surface area contributed by atoms with Gasteiger partial charge in [0, 0.05) is 18.9 Å². The van der Waals surface area contributed by atoms with Crippen LogP contribution in [0.1, 0.15) is 77.5 Å². The molecule has 8 heteroatoms. The second-order valence-corrected chi connectivity index (χ2v) is 13.4. The summed E-state index contributed by atoms with van der Waals surface area (Å²) in [6, 6.07) is 18.0. The minimum absolute atomic E-state index is 0.00528. The third kappa shape index (κ3) is 8.95. The fraction of sp³-hybridized carbons (Fsp3) is 0.500. The predicted molar refractivity (Wildman–Crippen MR) is 175 cm³/mol. The Hall–Kier alpha value is -3.75. The number of esters is 2. The first-order valence-electron chi connectivity index (χ1n) is 16.2. The molecule has 0 bridgehead atoms. The number of rotatable bonds is 14. The SMILES string of the molecule is CO[C@@H](CC[C@H](C)[C@@H](O)[C@@H](C)/C=C\C1=C(C(=O)O[C@H]2COC(=O)C2)C(=O)[C@H](C)CC1(C)C)c1cccc(OCc2ccccc2)c1. The Morgan fingerprint density at radius 1 is 1.09 bits per heavy atom. The van der Waals surface area contributed by atoms with Crippen molar-refractivity contribution in [1.82, 2.24) is 0 Å². The minimum Gasteiger partial charge on any atom is -0.489 e. The van der Waals surface area contributed by atoms with Crippen LogP contribution in [0.4, 0.5) is 0 Å². The number of aliphatic hydroxyl groups excluding tert-OH is 1. The van der Waals surface area contributed by atoms with Crippen LogP contribution in [-0.2, 0) is 35.2 Å². The average Bonchev–Trinajstić information content (AvgIpc) is 3.45. The van der Waals surface area contributed by atoms with Gasteiger partial charge in [0.15, 0.2) is 5.78 Å². The molecule has 1 heterocycles. The van der Waals surface area contributed by atoms with Crippen molar-refractivity contribution in [3.63, 3.8) is 0 Å². The van der Waals surface area contributed by atoms with Gasteiger partial charge < -0.3 is 24.1 Å². The fourth-order valence-electron chi connectivity index (χ4n) is 6.41. The summed E-state index contributed by atoms with van der Waals surface area (Å²) < 4.78 is 22.3. The van der Waals surface area contributed by atoms with Crippen LogP contribution in [0.5, 0.6) is 5.75 Å². The van der Waals surface area contributed by atoms with Crippen LogP contribution >= 0.6 is 0 Å². The molecule has 4 rings (SSSR count). The van der Waals surface area contributed by atoms with Crippen LogP contribution in [0.3, 0.4) is 0 Å². The van der Waals surface area contributed by atoms with Gasteiger partial charge in [0.05, 0.1) is 18.6 Å². The van der Waals surface area contributed by atoms with Gasteiger partial charge in [-0.15, -0.1) is 0 Å². The first kappa shape index (κ1) is 35.1. The summed E-state index contributed by atoms with van der Waals surface area (Å²) in [7, 11) is 1.69. The number of Topliss-reactive ketones (excluding diaryl/α,β-unsaturated/α-hetero) is 1. The number of ether oxygens (including phenoxy) is 4. The highest BCUT2D eigenvalue weighted by atomic mass is 16.6. The van der Waals surface area contributed by atoms with Crippen molar-refractivity contribution < 1.29 is 38.4 Å². The van der Waals surface area contributed by atoms with Crippen LogP contribution in [0.2, 0.25) is 0 Å². The van der Waals surface area contributed by atoms with E-state index < -0.39 is 29.6 Å². The number of hydrogen-bond acceptors (Lipinski definition) is 8. The van der Waals surface area contributed by atoms with Crippen molar-refractivity contribution in [3.8, 4) is 5.75 Å². The van der Waals surface area contributed by atoms with E-state index in [1.165, 1.54) is 0 Å². The highest BCUT2D eigenvalue weighted by molar-refractivity contribution is 6.19. The summed E-state index contributed by atoms with van der Waals surface area (Å²) in [6.45, 7) is 10.2. The molecule has 0 amide bonds. The van der Waals surface area contributed by atoms with E-state index in [1.54, 1.807) is 13.2 Å². The standard InChI is InChI=1S/C38H48O8/c1-24(15-17-31-34(36(41)26(3)21-38(31,4)5)37(42)46-30-20-33(39)45-23-30)35(40)25(2)16-18-32(43-6)28-13-10-14-29(19-28)44-22-27-11-8-7-9-12-27/h7-15,17,19,24-26,30,32,35,40H,16,18,20-23H2,1-6H3/b17-15-/t24-,25-,26+,30+,32-,35-/m0/s1. The zero-order valence-corrected chi connectivity index (χ0v) is 27.9. The summed E-state index contributed by atoms with van der Waals surface area (Å²) in [6.07, 6.45) is 4.15. The van der Waals surface area contributed by atoms with Crippen molar-refractivity contribution in [3.05, 3.63) is 89.0 Å². The Balaban J connectivity index is 1.40. The molecule has 2 aromatic rings. The monoisotopic (exact) mass is 632 g/mol. The van der Waals surface area contributed by atoms with E-state index in [0.29, 0.717) is 25.0 Å². The van der Waals surface area contributed by atoms with Gasteiger partial charge in [0.1, 0.15) is 30.6 Å². The maximum atomic E-state index is 13.2. The third-order valence-electron chi connectivity index (χ3n) is 9.15. The van der Waals surface area contributed by atoms with Crippen LogP contribution < -0.4 is 4.74 Å². The highest BCUT2D eigenvalue weighted by Crippen LogP contribution is 2.43. The minimum atomic E-state index is -0.728. The van der Waals surface area contributed by atoms with Gasteiger partial charge in [-0.1, -0.05) is 89.2 Å². The lowest BCUT2D eigenvalue weighted by atomic mass is 9.67. The Bertz CT molecular complexity index is 1430. The Kier molecular flexibility index (Phi) is 12.0. The quantitative estimate of drug-likeness (QED) is 0.181. The molecule has 6 atom stereocenters. The van der Waals surface area contributed by atoms with Gasteiger partial charge in [-0.3, -0.25) is 9.59 Å². The summed E-state index contributed by atoms with van der Waals surface area (Å²) in [5.74, 6) is -1.29. The van der Waals surface area contributed by atoms with Crippen molar-refractivity contribution >= 4 is 17.7 Å². The molecular weight excluding hydrogens is 584 g/mol. The second kappa shape index (κ2) is 15.7. The van der Waals surface area contributed by atoms with E-state index in [0.717, 1.165) is 23.3 Å². The van der Waals surface area contributed by atoms with Gasteiger partial charge in [0.2, 0.25) is 0 Å². The summed E-state index contributed by atoms with van der Waals surface area (Å²) in [5.41, 5.74) is 2.25. The van der Waals surface area contributed by atoms with Crippen LogP contribution in [0.25, 0.3) is 0 Å². The van der Waals surface area contributed by atoms with E-state index in [4.69, 9.17) is 18.9 Å². The molecule has 0 radical (unpaired) electrons. The van der Waals surface area contributed by atoms with E-state index >= 15 is 0 Å². The Morgan fingerprint density at radius 2 is 1.83 bits per heavy atom. The third-order valence-corrected chi connectivity index (χ3v) is 9.15. The highest BCUT2D eigenvalue weighted by Gasteiger charge is 2.42. The number of allylic oxidation sites excluding steroid dienone is 2. The van der Waals surface area contributed by atoms with Gasteiger partial charge >= 0.3 is 11.9 Å². The van der Waals surface area contributed by atoms with Crippen LogP contribution in [-0.4, -0.2) is 48.8 Å². The zero-order chi connectivity index (χ0) is 33.4. The molecule has 1 aliphatic heterocycles. The molecule has 2 aliphatic rings. The molecule has 248 valence electrons. The average molecular weight is 633 g/mol. The maximum Gasteiger partial charge on any atom is 0.342 e. The molecule has 0 unspecified atom stereocenters. The number of carbonyl (C=O) groups excluding carboxylic acids is 3. The largest absolute Gasteiger partial charge is 0.489 e. The summed E-state index contributed by atoms with van der Waals surface area (Å²) >= 11 is 0.